The Labute approximate surface area is 145 Å². The zero-order valence-corrected chi connectivity index (χ0v) is 15.1. The largest absolute Gasteiger partial charge is 0.359 e. The molecule has 0 radical (unpaired) electrons. The van der Waals surface area contributed by atoms with Crippen LogP contribution >= 0.6 is 0 Å². The zero-order chi connectivity index (χ0) is 18.2. The number of sulfonamides is 1. The van der Waals surface area contributed by atoms with Crippen LogP contribution < -0.4 is 5.32 Å². The van der Waals surface area contributed by atoms with Crippen LogP contribution in [0.3, 0.4) is 0 Å². The summed E-state index contributed by atoms with van der Waals surface area (Å²) in [5, 5.41) is 13.5. The van der Waals surface area contributed by atoms with E-state index in [2.05, 4.69) is 25.6 Å². The van der Waals surface area contributed by atoms with E-state index in [1.54, 1.807) is 11.6 Å². The van der Waals surface area contributed by atoms with E-state index in [-0.39, 0.29) is 23.9 Å². The fourth-order valence-electron chi connectivity index (χ4n) is 3.00. The predicted octanol–water partition coefficient (Wildman–Crippen LogP) is -0.520. The van der Waals surface area contributed by atoms with Gasteiger partial charge in [-0.25, -0.2) is 13.4 Å². The third-order valence-electron chi connectivity index (χ3n) is 4.39. The highest BCUT2D eigenvalue weighted by Crippen LogP contribution is 2.34. The van der Waals surface area contributed by atoms with Crippen LogP contribution in [-0.2, 0) is 21.4 Å². The average Bonchev–Trinajstić information content (AvgIpc) is 3.32. The van der Waals surface area contributed by atoms with Crippen molar-refractivity contribution in [3.05, 3.63) is 24.0 Å². The van der Waals surface area contributed by atoms with Crippen molar-refractivity contribution >= 4 is 15.9 Å². The lowest BCUT2D eigenvalue weighted by molar-refractivity contribution is -0.124. The monoisotopic (exact) mass is 367 g/mol. The number of aromatic amines is 1. The van der Waals surface area contributed by atoms with Gasteiger partial charge in [-0.05, 0) is 13.8 Å². The molecule has 2 N–H and O–H groups in total. The standard InChI is InChI=1S/C14H21N7O3S/c1-4-20-6-10(5-16-20)25(23,24)21-7-11(12(8-21)14(22)15-3)13-17-9(2)18-19-13/h5-6,11-12H,4,7-8H2,1-3H3,(H,15,22)(H,17,18,19)/t11-,12-/m1/s1. The maximum absolute atomic E-state index is 12.9. The molecular formula is C14H21N7O3S. The number of carbonyl (C=O) groups excluding carboxylic acids is 1. The minimum absolute atomic E-state index is 0.0809. The van der Waals surface area contributed by atoms with E-state index >= 15 is 0 Å². The first kappa shape index (κ1) is 17.5. The number of nitrogens with one attached hydrogen (secondary N) is 2. The maximum Gasteiger partial charge on any atom is 0.246 e. The second-order valence-electron chi connectivity index (χ2n) is 5.96. The summed E-state index contributed by atoms with van der Waals surface area (Å²) < 4.78 is 28.6. The van der Waals surface area contributed by atoms with Crippen LogP contribution in [-0.4, -0.2) is 63.7 Å². The summed E-state index contributed by atoms with van der Waals surface area (Å²) in [5.41, 5.74) is 0. The van der Waals surface area contributed by atoms with Crippen LogP contribution in [0.15, 0.2) is 17.3 Å². The smallest absolute Gasteiger partial charge is 0.246 e. The van der Waals surface area contributed by atoms with Gasteiger partial charge in [-0.2, -0.15) is 14.5 Å². The van der Waals surface area contributed by atoms with Crippen LogP contribution in [0.5, 0.6) is 0 Å². The lowest BCUT2D eigenvalue weighted by atomic mass is 9.94. The number of rotatable bonds is 5. The number of hydrogen-bond donors (Lipinski definition) is 2. The summed E-state index contributed by atoms with van der Waals surface area (Å²) in [6.45, 7) is 4.44. The summed E-state index contributed by atoms with van der Waals surface area (Å²) in [7, 11) is -2.20. The maximum atomic E-state index is 12.9. The van der Waals surface area contributed by atoms with E-state index in [1.165, 1.54) is 23.7 Å². The molecule has 3 heterocycles. The zero-order valence-electron chi connectivity index (χ0n) is 14.3. The van der Waals surface area contributed by atoms with Crippen molar-refractivity contribution in [3.8, 4) is 0 Å². The van der Waals surface area contributed by atoms with Crippen molar-refractivity contribution in [1.29, 1.82) is 0 Å². The van der Waals surface area contributed by atoms with Crippen molar-refractivity contribution in [3.63, 3.8) is 0 Å². The molecule has 0 unspecified atom stereocenters. The number of aromatic nitrogens is 5. The molecule has 1 amide bonds. The summed E-state index contributed by atoms with van der Waals surface area (Å²) in [6.07, 6.45) is 2.83. The van der Waals surface area contributed by atoms with Gasteiger partial charge in [0.15, 0.2) is 5.82 Å². The second-order valence-corrected chi connectivity index (χ2v) is 7.90. The molecule has 11 heteroatoms. The van der Waals surface area contributed by atoms with Gasteiger partial charge in [-0.3, -0.25) is 14.6 Å². The molecule has 1 saturated heterocycles. The Balaban J connectivity index is 1.92. The molecule has 0 spiro atoms. The lowest BCUT2D eigenvalue weighted by Crippen LogP contribution is -2.33. The van der Waals surface area contributed by atoms with Gasteiger partial charge in [0.05, 0.1) is 12.1 Å². The Kier molecular flexibility index (Phi) is 4.60. The van der Waals surface area contributed by atoms with E-state index in [9.17, 15) is 13.2 Å². The van der Waals surface area contributed by atoms with E-state index < -0.39 is 21.9 Å². The van der Waals surface area contributed by atoms with Crippen LogP contribution in [0.25, 0.3) is 0 Å². The Morgan fingerprint density at radius 1 is 1.44 bits per heavy atom. The fourth-order valence-corrected chi connectivity index (χ4v) is 4.45. The molecule has 25 heavy (non-hydrogen) atoms. The molecule has 1 aliphatic heterocycles. The molecular weight excluding hydrogens is 346 g/mol. The molecule has 10 nitrogen and oxygen atoms in total. The lowest BCUT2D eigenvalue weighted by Gasteiger charge is -2.14. The molecule has 136 valence electrons. The first-order chi connectivity index (χ1) is 11.9. The summed E-state index contributed by atoms with van der Waals surface area (Å²) in [5.74, 6) is -0.101. The van der Waals surface area contributed by atoms with Gasteiger partial charge in [0.2, 0.25) is 15.9 Å². The predicted molar refractivity (Wildman–Crippen MR) is 88.1 cm³/mol. The van der Waals surface area contributed by atoms with Gasteiger partial charge in [0.1, 0.15) is 10.7 Å². The van der Waals surface area contributed by atoms with Crippen LogP contribution in [0.4, 0.5) is 0 Å². The first-order valence-electron chi connectivity index (χ1n) is 8.00. The molecule has 0 saturated carbocycles. The van der Waals surface area contributed by atoms with Gasteiger partial charge in [0, 0.05) is 38.8 Å². The second kappa shape index (κ2) is 6.56. The number of nitrogens with zero attached hydrogens (tertiary/aromatic N) is 5. The third-order valence-corrected chi connectivity index (χ3v) is 6.17. The van der Waals surface area contributed by atoms with E-state index in [0.717, 1.165) is 0 Å². The van der Waals surface area contributed by atoms with Crippen LogP contribution in [0.2, 0.25) is 0 Å². The summed E-state index contributed by atoms with van der Waals surface area (Å²) in [4.78, 5) is 16.7. The first-order valence-corrected chi connectivity index (χ1v) is 9.44. The molecule has 0 bridgehead atoms. The van der Waals surface area contributed by atoms with Gasteiger partial charge in [-0.1, -0.05) is 0 Å². The summed E-state index contributed by atoms with van der Waals surface area (Å²) in [6, 6.07) is 0. The Morgan fingerprint density at radius 3 is 2.76 bits per heavy atom. The Morgan fingerprint density at radius 2 is 2.20 bits per heavy atom. The number of hydrogen-bond acceptors (Lipinski definition) is 6. The molecule has 2 aromatic heterocycles. The normalized spacial score (nSPS) is 21.6. The minimum atomic E-state index is -3.73. The topological polar surface area (TPSA) is 126 Å². The molecule has 2 atom stereocenters. The Hall–Kier alpha value is -2.27. The fraction of sp³-hybridized carbons (Fsp3) is 0.571. The number of amides is 1. The summed E-state index contributed by atoms with van der Waals surface area (Å²) >= 11 is 0. The highest BCUT2D eigenvalue weighted by molar-refractivity contribution is 7.89. The Bertz CT molecular complexity index is 873. The van der Waals surface area contributed by atoms with Crippen molar-refractivity contribution in [2.45, 2.75) is 31.2 Å². The highest BCUT2D eigenvalue weighted by Gasteiger charge is 2.45. The molecule has 1 aliphatic rings. The third kappa shape index (κ3) is 3.16. The SMILES string of the molecule is CCn1cc(S(=O)(=O)N2C[C@@H](C(=O)NC)[C@H](c3n[nH]c(C)n3)C2)cn1. The number of H-pyrrole nitrogens is 1. The van der Waals surface area contributed by atoms with Gasteiger partial charge in [0.25, 0.3) is 0 Å². The van der Waals surface area contributed by atoms with E-state index in [1.807, 2.05) is 6.92 Å². The molecule has 2 aromatic rings. The van der Waals surface area contributed by atoms with Crippen LogP contribution in [0.1, 0.15) is 24.5 Å². The van der Waals surface area contributed by atoms with Crippen LogP contribution in [0, 0.1) is 12.8 Å². The van der Waals surface area contributed by atoms with Crippen molar-refractivity contribution in [2.75, 3.05) is 20.1 Å². The molecule has 1 fully saturated rings. The van der Waals surface area contributed by atoms with Crippen molar-refractivity contribution < 1.29 is 13.2 Å². The van der Waals surface area contributed by atoms with Crippen molar-refractivity contribution in [2.24, 2.45) is 5.92 Å². The minimum Gasteiger partial charge on any atom is -0.359 e. The van der Waals surface area contributed by atoms with E-state index in [0.29, 0.717) is 18.2 Å². The quantitative estimate of drug-likeness (QED) is 0.732. The number of aryl methyl sites for hydroxylation is 2. The molecule has 3 rings (SSSR count). The highest BCUT2D eigenvalue weighted by atomic mass is 32.2. The number of carbonyl (C=O) groups is 1. The van der Waals surface area contributed by atoms with E-state index in [4.69, 9.17) is 0 Å². The van der Waals surface area contributed by atoms with Gasteiger partial charge >= 0.3 is 0 Å². The molecule has 0 aromatic carbocycles. The molecule has 0 aliphatic carbocycles. The van der Waals surface area contributed by atoms with Gasteiger partial charge < -0.3 is 5.32 Å². The van der Waals surface area contributed by atoms with Crippen molar-refractivity contribution in [1.82, 2.24) is 34.6 Å². The average molecular weight is 367 g/mol. The van der Waals surface area contributed by atoms with Gasteiger partial charge in [-0.15, -0.1) is 0 Å².